The van der Waals surface area contributed by atoms with E-state index in [0.29, 0.717) is 11.4 Å². The van der Waals surface area contributed by atoms with Crippen molar-refractivity contribution in [2.24, 2.45) is 0 Å². The standard InChI is InChI=1S/C12H9Br2N3O2/c13-7-3-1-4-8(14)11(7)16-10-6-2-5-9(15)12(10)17(18)19/h1-6,16H,15H2. The first-order valence-electron chi connectivity index (χ1n) is 5.24. The van der Waals surface area contributed by atoms with Crippen LogP contribution in [-0.4, -0.2) is 4.92 Å². The summed E-state index contributed by atoms with van der Waals surface area (Å²) in [5.74, 6) is 0. The Labute approximate surface area is 126 Å². The van der Waals surface area contributed by atoms with Gasteiger partial charge in [-0.05, 0) is 56.1 Å². The number of nitrogens with zero attached hydrogens (tertiary/aromatic N) is 1. The van der Waals surface area contributed by atoms with Gasteiger partial charge in [0.1, 0.15) is 11.4 Å². The molecule has 2 aromatic rings. The third kappa shape index (κ3) is 2.87. The molecule has 0 fully saturated rings. The van der Waals surface area contributed by atoms with E-state index in [0.717, 1.165) is 8.95 Å². The Hall–Kier alpha value is -1.60. The summed E-state index contributed by atoms with van der Waals surface area (Å²) >= 11 is 6.78. The molecule has 5 nitrogen and oxygen atoms in total. The molecule has 0 saturated carbocycles. The zero-order valence-corrected chi connectivity index (χ0v) is 12.7. The Kier molecular flexibility index (Phi) is 4.06. The van der Waals surface area contributed by atoms with Crippen LogP contribution in [0.1, 0.15) is 0 Å². The van der Waals surface area contributed by atoms with Crippen molar-refractivity contribution in [2.45, 2.75) is 0 Å². The number of para-hydroxylation sites is 2. The average molecular weight is 387 g/mol. The SMILES string of the molecule is Nc1cccc(Nc2c(Br)cccc2Br)c1[N+](=O)[O-]. The first-order chi connectivity index (χ1) is 9.00. The van der Waals surface area contributed by atoms with Crippen LogP contribution in [-0.2, 0) is 0 Å². The summed E-state index contributed by atoms with van der Waals surface area (Å²) in [4.78, 5) is 10.6. The number of hydrogen-bond acceptors (Lipinski definition) is 4. The molecule has 7 heteroatoms. The number of nitro groups is 1. The van der Waals surface area contributed by atoms with E-state index in [2.05, 4.69) is 37.2 Å². The van der Waals surface area contributed by atoms with Gasteiger partial charge in [0.05, 0.1) is 10.6 Å². The second kappa shape index (κ2) is 5.58. The highest BCUT2D eigenvalue weighted by molar-refractivity contribution is 9.11. The van der Waals surface area contributed by atoms with Crippen LogP contribution in [0.2, 0.25) is 0 Å². The first-order valence-corrected chi connectivity index (χ1v) is 6.83. The van der Waals surface area contributed by atoms with Crippen molar-refractivity contribution in [3.63, 3.8) is 0 Å². The Morgan fingerprint density at radius 2 is 1.68 bits per heavy atom. The molecule has 98 valence electrons. The van der Waals surface area contributed by atoms with Gasteiger partial charge in [0, 0.05) is 8.95 Å². The fourth-order valence-corrected chi connectivity index (χ4v) is 2.81. The normalized spacial score (nSPS) is 10.2. The minimum Gasteiger partial charge on any atom is -0.393 e. The van der Waals surface area contributed by atoms with Gasteiger partial charge in [-0.25, -0.2) is 0 Å². The van der Waals surface area contributed by atoms with Gasteiger partial charge in [0.25, 0.3) is 0 Å². The molecular weight excluding hydrogens is 378 g/mol. The highest BCUT2D eigenvalue weighted by Crippen LogP contribution is 2.38. The summed E-state index contributed by atoms with van der Waals surface area (Å²) in [6, 6.07) is 10.3. The first kappa shape index (κ1) is 13.8. The molecule has 0 aliphatic rings. The number of nitrogens with one attached hydrogen (secondary N) is 1. The summed E-state index contributed by atoms with van der Waals surface area (Å²) in [6.45, 7) is 0. The van der Waals surface area contributed by atoms with Crippen LogP contribution in [0.3, 0.4) is 0 Å². The fourth-order valence-electron chi connectivity index (χ4n) is 1.62. The number of nitrogens with two attached hydrogens (primary N) is 1. The maximum atomic E-state index is 11.1. The second-order valence-corrected chi connectivity index (χ2v) is 5.43. The van der Waals surface area contributed by atoms with Crippen molar-refractivity contribution in [2.75, 3.05) is 11.1 Å². The molecule has 0 radical (unpaired) electrons. The molecule has 19 heavy (non-hydrogen) atoms. The smallest absolute Gasteiger partial charge is 0.315 e. The Balaban J connectivity index is 2.50. The molecule has 0 aliphatic heterocycles. The number of halogens is 2. The lowest BCUT2D eigenvalue weighted by molar-refractivity contribution is -0.383. The van der Waals surface area contributed by atoms with Gasteiger partial charge in [-0.2, -0.15) is 0 Å². The number of benzene rings is 2. The van der Waals surface area contributed by atoms with Gasteiger partial charge in [-0.1, -0.05) is 12.1 Å². The third-order valence-corrected chi connectivity index (χ3v) is 3.79. The minimum atomic E-state index is -0.498. The summed E-state index contributed by atoms with van der Waals surface area (Å²) < 4.78 is 1.58. The van der Waals surface area contributed by atoms with Gasteiger partial charge in [-0.3, -0.25) is 10.1 Å². The van der Waals surface area contributed by atoms with Gasteiger partial charge >= 0.3 is 5.69 Å². The lowest BCUT2D eigenvalue weighted by atomic mass is 10.2. The molecular formula is C12H9Br2N3O2. The largest absolute Gasteiger partial charge is 0.393 e. The molecule has 0 saturated heterocycles. The van der Waals surface area contributed by atoms with Crippen LogP contribution in [0.5, 0.6) is 0 Å². The van der Waals surface area contributed by atoms with Crippen molar-refractivity contribution in [3.8, 4) is 0 Å². The lowest BCUT2D eigenvalue weighted by Crippen LogP contribution is -2.01. The van der Waals surface area contributed by atoms with E-state index in [9.17, 15) is 10.1 Å². The fraction of sp³-hybridized carbons (Fsp3) is 0. The predicted molar refractivity (Wildman–Crippen MR) is 82.6 cm³/mol. The molecule has 0 atom stereocenters. The van der Waals surface area contributed by atoms with E-state index in [1.54, 1.807) is 12.1 Å². The summed E-state index contributed by atoms with van der Waals surface area (Å²) in [7, 11) is 0. The van der Waals surface area contributed by atoms with Crippen LogP contribution >= 0.6 is 31.9 Å². The topological polar surface area (TPSA) is 81.2 Å². The Morgan fingerprint density at radius 1 is 1.11 bits per heavy atom. The number of nitrogen functional groups attached to an aromatic ring is 1. The van der Waals surface area contributed by atoms with Crippen molar-refractivity contribution < 1.29 is 4.92 Å². The van der Waals surface area contributed by atoms with Gasteiger partial charge in [0.15, 0.2) is 0 Å². The van der Waals surface area contributed by atoms with Crippen LogP contribution < -0.4 is 11.1 Å². The molecule has 0 bridgehead atoms. The van der Waals surface area contributed by atoms with Crippen LogP contribution in [0, 0.1) is 10.1 Å². The third-order valence-electron chi connectivity index (χ3n) is 2.47. The van der Waals surface area contributed by atoms with Crippen LogP contribution in [0.25, 0.3) is 0 Å². The zero-order valence-electron chi connectivity index (χ0n) is 9.56. The van der Waals surface area contributed by atoms with E-state index < -0.39 is 4.92 Å². The van der Waals surface area contributed by atoms with E-state index in [-0.39, 0.29) is 11.4 Å². The van der Waals surface area contributed by atoms with Crippen molar-refractivity contribution >= 4 is 54.6 Å². The monoisotopic (exact) mass is 385 g/mol. The summed E-state index contributed by atoms with van der Waals surface area (Å²) in [5, 5.41) is 14.1. The van der Waals surface area contributed by atoms with Crippen LogP contribution in [0.4, 0.5) is 22.7 Å². The van der Waals surface area contributed by atoms with Crippen LogP contribution in [0.15, 0.2) is 45.3 Å². The van der Waals surface area contributed by atoms with E-state index in [1.807, 2.05) is 18.2 Å². The van der Waals surface area contributed by atoms with Gasteiger partial charge in [0.2, 0.25) is 0 Å². The molecule has 0 heterocycles. The zero-order chi connectivity index (χ0) is 14.0. The lowest BCUT2D eigenvalue weighted by Gasteiger charge is -2.11. The van der Waals surface area contributed by atoms with Crippen molar-refractivity contribution in [1.29, 1.82) is 0 Å². The molecule has 0 amide bonds. The summed E-state index contributed by atoms with van der Waals surface area (Å²) in [6.07, 6.45) is 0. The number of nitro benzene ring substituents is 1. The molecule has 3 N–H and O–H groups in total. The second-order valence-electron chi connectivity index (χ2n) is 3.72. The van der Waals surface area contributed by atoms with Crippen molar-refractivity contribution in [1.82, 2.24) is 0 Å². The predicted octanol–water partition coefficient (Wildman–Crippen LogP) is 4.45. The number of anilines is 3. The molecule has 0 unspecified atom stereocenters. The highest BCUT2D eigenvalue weighted by atomic mass is 79.9. The van der Waals surface area contributed by atoms with E-state index in [1.165, 1.54) is 6.07 Å². The quantitative estimate of drug-likeness (QED) is 0.464. The number of hydrogen-bond donors (Lipinski definition) is 2. The molecule has 0 aliphatic carbocycles. The minimum absolute atomic E-state index is 0.123. The average Bonchev–Trinajstić information content (AvgIpc) is 2.33. The molecule has 2 aromatic carbocycles. The van der Waals surface area contributed by atoms with E-state index in [4.69, 9.17) is 5.73 Å². The summed E-state index contributed by atoms with van der Waals surface area (Å²) in [5.41, 5.74) is 6.69. The highest BCUT2D eigenvalue weighted by Gasteiger charge is 2.19. The maximum absolute atomic E-state index is 11.1. The Bertz CT molecular complexity index is 627. The van der Waals surface area contributed by atoms with Gasteiger partial charge in [-0.15, -0.1) is 0 Å². The van der Waals surface area contributed by atoms with E-state index >= 15 is 0 Å². The molecule has 0 spiro atoms. The van der Waals surface area contributed by atoms with Crippen molar-refractivity contribution in [3.05, 3.63) is 55.5 Å². The maximum Gasteiger partial charge on any atom is 0.315 e. The molecule has 0 aromatic heterocycles. The Morgan fingerprint density at radius 3 is 2.26 bits per heavy atom. The molecule has 2 rings (SSSR count). The van der Waals surface area contributed by atoms with Gasteiger partial charge < -0.3 is 11.1 Å². The number of rotatable bonds is 3.